The Morgan fingerprint density at radius 1 is 1.17 bits per heavy atom. The molecular formula is C21H27N5O2S. The summed E-state index contributed by atoms with van der Waals surface area (Å²) in [5.41, 5.74) is 2.36. The Balaban J connectivity index is 1.49. The number of aryl methyl sites for hydroxylation is 2. The molecule has 29 heavy (non-hydrogen) atoms. The van der Waals surface area contributed by atoms with Crippen LogP contribution in [-0.2, 0) is 30.0 Å². The summed E-state index contributed by atoms with van der Waals surface area (Å²) >= 11 is 0. The van der Waals surface area contributed by atoms with E-state index in [1.54, 1.807) is 22.1 Å². The van der Waals surface area contributed by atoms with Crippen molar-refractivity contribution in [2.75, 3.05) is 13.1 Å². The molecule has 8 heteroatoms. The minimum Gasteiger partial charge on any atom is -0.339 e. The Kier molecular flexibility index (Phi) is 5.56. The lowest BCUT2D eigenvalue weighted by Crippen LogP contribution is -2.40. The molecule has 0 N–H and O–H groups in total. The summed E-state index contributed by atoms with van der Waals surface area (Å²) in [4.78, 5) is 8.69. The third kappa shape index (κ3) is 4.28. The van der Waals surface area contributed by atoms with Gasteiger partial charge in [0.2, 0.25) is 0 Å². The molecule has 3 aromatic rings. The third-order valence-corrected chi connectivity index (χ3v) is 7.31. The van der Waals surface area contributed by atoms with E-state index in [9.17, 15) is 8.42 Å². The van der Waals surface area contributed by atoms with Crippen LogP contribution in [0.15, 0.2) is 54.1 Å². The van der Waals surface area contributed by atoms with E-state index in [1.165, 1.54) is 11.9 Å². The van der Waals surface area contributed by atoms with E-state index in [0.29, 0.717) is 13.1 Å². The predicted molar refractivity (Wildman–Crippen MR) is 111 cm³/mol. The summed E-state index contributed by atoms with van der Waals surface area (Å²) in [5.74, 6) is 1.27. The highest BCUT2D eigenvalue weighted by atomic mass is 32.2. The average Bonchev–Trinajstić information content (AvgIpc) is 3.30. The van der Waals surface area contributed by atoms with Gasteiger partial charge in [0.05, 0.1) is 6.33 Å². The Morgan fingerprint density at radius 3 is 2.69 bits per heavy atom. The third-order valence-electron chi connectivity index (χ3n) is 5.56. The molecule has 1 fully saturated rings. The number of rotatable bonds is 6. The first-order chi connectivity index (χ1) is 13.9. The van der Waals surface area contributed by atoms with Gasteiger partial charge >= 0.3 is 0 Å². The smallest absolute Gasteiger partial charge is 0.262 e. The number of imidazole rings is 2. The SMILES string of the molecule is Cc1cnc(CC2CCCN(S(=O)(=O)c3cn(C)cn3)C2)n1Cc1ccccc1. The second kappa shape index (κ2) is 8.12. The van der Waals surface area contributed by atoms with Gasteiger partial charge in [0, 0.05) is 51.2 Å². The first kappa shape index (κ1) is 19.8. The van der Waals surface area contributed by atoms with Crippen molar-refractivity contribution >= 4 is 10.0 Å². The molecule has 0 amide bonds. The first-order valence-electron chi connectivity index (χ1n) is 9.96. The van der Waals surface area contributed by atoms with E-state index < -0.39 is 10.0 Å². The van der Waals surface area contributed by atoms with Gasteiger partial charge in [0.25, 0.3) is 10.0 Å². The molecule has 1 aliphatic heterocycles. The Bertz CT molecular complexity index is 1070. The standard InChI is InChI=1S/C21H27N5O2S/c1-17-12-22-20(26(17)14-18-7-4-3-5-8-18)11-19-9-6-10-25(13-19)29(27,28)21-15-24(2)16-23-21/h3-5,7-8,12,15-16,19H,6,9-11,13-14H2,1-2H3. The van der Waals surface area contributed by atoms with Gasteiger partial charge in [-0.2, -0.15) is 4.31 Å². The lowest BCUT2D eigenvalue weighted by atomic mass is 9.96. The zero-order chi connectivity index (χ0) is 20.4. The molecule has 1 aliphatic rings. The lowest BCUT2D eigenvalue weighted by Gasteiger charge is -2.31. The van der Waals surface area contributed by atoms with Crippen molar-refractivity contribution in [3.63, 3.8) is 0 Å². The van der Waals surface area contributed by atoms with Crippen molar-refractivity contribution in [2.24, 2.45) is 13.0 Å². The molecule has 0 saturated carbocycles. The van der Waals surface area contributed by atoms with Crippen LogP contribution in [0.5, 0.6) is 0 Å². The number of piperidine rings is 1. The summed E-state index contributed by atoms with van der Waals surface area (Å²) in [6.45, 7) is 3.91. The Labute approximate surface area is 172 Å². The monoisotopic (exact) mass is 413 g/mol. The molecule has 1 atom stereocenters. The van der Waals surface area contributed by atoms with Crippen molar-refractivity contribution in [1.82, 2.24) is 23.4 Å². The number of hydrogen-bond acceptors (Lipinski definition) is 4. The van der Waals surface area contributed by atoms with Crippen molar-refractivity contribution in [1.29, 1.82) is 0 Å². The summed E-state index contributed by atoms with van der Waals surface area (Å²) in [7, 11) is -1.77. The van der Waals surface area contributed by atoms with Gasteiger partial charge in [-0.15, -0.1) is 0 Å². The average molecular weight is 414 g/mol. The van der Waals surface area contributed by atoms with Crippen molar-refractivity contribution in [3.8, 4) is 0 Å². The topological polar surface area (TPSA) is 73.0 Å². The molecule has 7 nitrogen and oxygen atoms in total. The van der Waals surface area contributed by atoms with E-state index in [0.717, 1.165) is 37.3 Å². The minimum atomic E-state index is -3.55. The number of hydrogen-bond donors (Lipinski definition) is 0. The van der Waals surface area contributed by atoms with Gasteiger partial charge in [0.15, 0.2) is 5.03 Å². The van der Waals surface area contributed by atoms with E-state index in [1.807, 2.05) is 24.4 Å². The van der Waals surface area contributed by atoms with Crippen LogP contribution in [0.2, 0.25) is 0 Å². The van der Waals surface area contributed by atoms with Crippen LogP contribution in [0.1, 0.15) is 29.9 Å². The minimum absolute atomic E-state index is 0.127. The largest absolute Gasteiger partial charge is 0.339 e. The molecular weight excluding hydrogens is 386 g/mol. The lowest BCUT2D eigenvalue weighted by molar-refractivity contribution is 0.261. The molecule has 0 radical (unpaired) electrons. The second-order valence-corrected chi connectivity index (χ2v) is 9.73. The molecule has 1 unspecified atom stereocenters. The molecule has 2 aromatic heterocycles. The molecule has 3 heterocycles. The van der Waals surface area contributed by atoms with Crippen molar-refractivity contribution in [3.05, 3.63) is 66.1 Å². The van der Waals surface area contributed by atoms with E-state index in [2.05, 4.69) is 33.6 Å². The zero-order valence-corrected chi connectivity index (χ0v) is 17.7. The number of aromatic nitrogens is 4. The Morgan fingerprint density at radius 2 is 1.97 bits per heavy atom. The van der Waals surface area contributed by atoms with Crippen LogP contribution in [0, 0.1) is 12.8 Å². The maximum atomic E-state index is 12.9. The quantitative estimate of drug-likeness (QED) is 0.623. The van der Waals surface area contributed by atoms with Gasteiger partial charge in [0.1, 0.15) is 5.82 Å². The zero-order valence-electron chi connectivity index (χ0n) is 16.9. The van der Waals surface area contributed by atoms with Crippen LogP contribution in [0.25, 0.3) is 0 Å². The van der Waals surface area contributed by atoms with Crippen LogP contribution < -0.4 is 0 Å². The molecule has 154 valence electrons. The normalized spacial score (nSPS) is 18.2. The first-order valence-corrected chi connectivity index (χ1v) is 11.4. The maximum Gasteiger partial charge on any atom is 0.262 e. The molecule has 0 aliphatic carbocycles. The predicted octanol–water partition coefficient (Wildman–Crippen LogP) is 2.62. The van der Waals surface area contributed by atoms with E-state index in [4.69, 9.17) is 0 Å². The maximum absolute atomic E-state index is 12.9. The van der Waals surface area contributed by atoms with Crippen LogP contribution >= 0.6 is 0 Å². The molecule has 0 bridgehead atoms. The number of nitrogens with zero attached hydrogens (tertiary/aromatic N) is 5. The van der Waals surface area contributed by atoms with Crippen molar-refractivity contribution in [2.45, 2.75) is 37.8 Å². The summed E-state index contributed by atoms with van der Waals surface area (Å²) in [6.07, 6.45) is 7.63. The fourth-order valence-corrected chi connectivity index (χ4v) is 5.50. The van der Waals surface area contributed by atoms with Crippen molar-refractivity contribution < 1.29 is 8.42 Å². The Hall–Kier alpha value is -2.45. The van der Waals surface area contributed by atoms with E-state index >= 15 is 0 Å². The molecule has 1 aromatic carbocycles. The van der Waals surface area contributed by atoms with Crippen LogP contribution in [-0.4, -0.2) is 44.9 Å². The van der Waals surface area contributed by atoms with Gasteiger partial charge < -0.3 is 9.13 Å². The second-order valence-electron chi connectivity index (χ2n) is 7.84. The number of benzene rings is 1. The van der Waals surface area contributed by atoms with Crippen LogP contribution in [0.4, 0.5) is 0 Å². The highest BCUT2D eigenvalue weighted by Crippen LogP contribution is 2.25. The van der Waals surface area contributed by atoms with Gasteiger partial charge in [-0.3, -0.25) is 0 Å². The molecule has 4 rings (SSSR count). The summed E-state index contributed by atoms with van der Waals surface area (Å²) in [6, 6.07) is 10.3. The van der Waals surface area contributed by atoms with Crippen LogP contribution in [0.3, 0.4) is 0 Å². The molecule has 0 spiro atoms. The highest BCUT2D eigenvalue weighted by Gasteiger charge is 2.32. The fraction of sp³-hybridized carbons (Fsp3) is 0.429. The highest BCUT2D eigenvalue weighted by molar-refractivity contribution is 7.89. The van der Waals surface area contributed by atoms with Gasteiger partial charge in [-0.1, -0.05) is 30.3 Å². The van der Waals surface area contributed by atoms with Gasteiger partial charge in [-0.05, 0) is 31.2 Å². The fourth-order valence-electron chi connectivity index (χ4n) is 3.98. The molecule has 1 saturated heterocycles. The summed E-state index contributed by atoms with van der Waals surface area (Å²) in [5, 5.41) is 0.127. The number of sulfonamides is 1. The van der Waals surface area contributed by atoms with Gasteiger partial charge in [-0.25, -0.2) is 18.4 Å². The summed E-state index contributed by atoms with van der Waals surface area (Å²) < 4.78 is 31.4. The van der Waals surface area contributed by atoms with E-state index in [-0.39, 0.29) is 10.9 Å².